The molecule has 0 atom stereocenters. The fourth-order valence-corrected chi connectivity index (χ4v) is 2.96. The van der Waals surface area contributed by atoms with E-state index < -0.39 is 0 Å². The Morgan fingerprint density at radius 3 is 2.41 bits per heavy atom. The van der Waals surface area contributed by atoms with Crippen LogP contribution in [0.5, 0.6) is 0 Å². The second-order valence-corrected chi connectivity index (χ2v) is 5.72. The fourth-order valence-electron chi connectivity index (χ4n) is 1.54. The molecule has 1 heterocycles. The van der Waals surface area contributed by atoms with Gasteiger partial charge in [-0.3, -0.25) is 0 Å². The summed E-state index contributed by atoms with van der Waals surface area (Å²) in [6, 6.07) is 10.1. The number of aliphatic hydroxyl groups is 1. The van der Waals surface area contributed by atoms with E-state index in [1.807, 2.05) is 24.3 Å². The summed E-state index contributed by atoms with van der Waals surface area (Å²) < 4.78 is 1.14. The van der Waals surface area contributed by atoms with Crippen molar-refractivity contribution in [1.29, 1.82) is 0 Å². The standard InChI is InChI=1S/C13H14BrNOS/c14-12-5-13(17-9-12)7-15-6-10-1-3-11(8-16)4-2-10/h1-5,9,15-16H,6-8H2. The predicted molar refractivity (Wildman–Crippen MR) is 74.9 cm³/mol. The lowest BCUT2D eigenvalue weighted by Crippen LogP contribution is -2.11. The zero-order valence-electron chi connectivity index (χ0n) is 9.32. The monoisotopic (exact) mass is 311 g/mol. The van der Waals surface area contributed by atoms with Crippen LogP contribution in [0, 0.1) is 0 Å². The van der Waals surface area contributed by atoms with Gasteiger partial charge in [0.25, 0.3) is 0 Å². The third-order valence-electron chi connectivity index (χ3n) is 2.46. The van der Waals surface area contributed by atoms with Gasteiger partial charge < -0.3 is 10.4 Å². The van der Waals surface area contributed by atoms with Crippen LogP contribution in [0.3, 0.4) is 0 Å². The first-order chi connectivity index (χ1) is 8.28. The van der Waals surface area contributed by atoms with Gasteiger partial charge in [0, 0.05) is 27.8 Å². The SMILES string of the molecule is OCc1ccc(CNCc2cc(Br)cs2)cc1. The summed E-state index contributed by atoms with van der Waals surface area (Å²) in [5, 5.41) is 14.4. The quantitative estimate of drug-likeness (QED) is 0.888. The molecule has 0 spiro atoms. The van der Waals surface area contributed by atoms with E-state index in [-0.39, 0.29) is 6.61 Å². The van der Waals surface area contributed by atoms with Crippen molar-refractivity contribution in [3.63, 3.8) is 0 Å². The Labute approximate surface area is 113 Å². The van der Waals surface area contributed by atoms with E-state index >= 15 is 0 Å². The molecule has 0 aliphatic carbocycles. The van der Waals surface area contributed by atoms with Crippen LogP contribution < -0.4 is 5.32 Å². The van der Waals surface area contributed by atoms with Gasteiger partial charge >= 0.3 is 0 Å². The maximum Gasteiger partial charge on any atom is 0.0681 e. The van der Waals surface area contributed by atoms with Gasteiger partial charge in [0.05, 0.1) is 6.61 Å². The molecule has 0 radical (unpaired) electrons. The van der Waals surface area contributed by atoms with Crippen molar-refractivity contribution < 1.29 is 5.11 Å². The molecule has 2 nitrogen and oxygen atoms in total. The molecule has 0 fully saturated rings. The largest absolute Gasteiger partial charge is 0.392 e. The minimum absolute atomic E-state index is 0.108. The van der Waals surface area contributed by atoms with Crippen LogP contribution in [0.15, 0.2) is 40.2 Å². The fraction of sp³-hybridized carbons (Fsp3) is 0.231. The number of halogens is 1. The van der Waals surface area contributed by atoms with E-state index in [0.29, 0.717) is 0 Å². The summed E-state index contributed by atoms with van der Waals surface area (Å²) in [6.45, 7) is 1.84. The van der Waals surface area contributed by atoms with Crippen molar-refractivity contribution in [2.45, 2.75) is 19.7 Å². The molecular formula is C13H14BrNOS. The van der Waals surface area contributed by atoms with Gasteiger partial charge in [0.2, 0.25) is 0 Å². The first-order valence-corrected chi connectivity index (χ1v) is 7.07. The molecule has 2 aromatic rings. The summed E-state index contributed by atoms with van der Waals surface area (Å²) in [5.74, 6) is 0. The Bertz CT molecular complexity index is 467. The normalized spacial score (nSPS) is 10.7. The van der Waals surface area contributed by atoms with E-state index in [2.05, 4.69) is 32.7 Å². The summed E-state index contributed by atoms with van der Waals surface area (Å²) in [6.07, 6.45) is 0. The molecule has 0 saturated carbocycles. The molecule has 90 valence electrons. The molecule has 0 saturated heterocycles. The molecule has 2 rings (SSSR count). The summed E-state index contributed by atoms with van der Waals surface area (Å²) in [4.78, 5) is 1.32. The van der Waals surface area contributed by atoms with Gasteiger partial charge in [0.15, 0.2) is 0 Å². The maximum absolute atomic E-state index is 8.94. The molecule has 0 unspecified atom stereocenters. The van der Waals surface area contributed by atoms with Crippen LogP contribution in [-0.4, -0.2) is 5.11 Å². The molecule has 1 aromatic heterocycles. The van der Waals surface area contributed by atoms with Gasteiger partial charge in [-0.1, -0.05) is 24.3 Å². The summed E-state index contributed by atoms with van der Waals surface area (Å²) >= 11 is 5.19. The summed E-state index contributed by atoms with van der Waals surface area (Å²) in [7, 11) is 0. The highest BCUT2D eigenvalue weighted by Gasteiger charge is 1.98. The lowest BCUT2D eigenvalue weighted by molar-refractivity contribution is 0.282. The molecule has 4 heteroatoms. The van der Waals surface area contributed by atoms with Crippen LogP contribution >= 0.6 is 27.3 Å². The van der Waals surface area contributed by atoms with Crippen LogP contribution in [0.25, 0.3) is 0 Å². The van der Waals surface area contributed by atoms with E-state index in [0.717, 1.165) is 23.1 Å². The second kappa shape index (κ2) is 6.31. The average Bonchev–Trinajstić information content (AvgIpc) is 2.76. The van der Waals surface area contributed by atoms with Crippen LogP contribution in [0.4, 0.5) is 0 Å². The van der Waals surface area contributed by atoms with Gasteiger partial charge in [-0.25, -0.2) is 0 Å². The van der Waals surface area contributed by atoms with Crippen LogP contribution in [0.1, 0.15) is 16.0 Å². The Kier molecular flexibility index (Phi) is 4.74. The first kappa shape index (κ1) is 12.8. The van der Waals surface area contributed by atoms with Crippen molar-refractivity contribution in [3.8, 4) is 0 Å². The highest BCUT2D eigenvalue weighted by molar-refractivity contribution is 9.10. The Morgan fingerprint density at radius 1 is 1.12 bits per heavy atom. The van der Waals surface area contributed by atoms with E-state index in [1.165, 1.54) is 10.4 Å². The molecule has 17 heavy (non-hydrogen) atoms. The van der Waals surface area contributed by atoms with Gasteiger partial charge in [-0.15, -0.1) is 11.3 Å². The molecule has 0 aliphatic heterocycles. The summed E-state index contributed by atoms with van der Waals surface area (Å²) in [5.41, 5.74) is 2.19. The molecule has 1 aromatic carbocycles. The highest BCUT2D eigenvalue weighted by atomic mass is 79.9. The lowest BCUT2D eigenvalue weighted by atomic mass is 10.1. The van der Waals surface area contributed by atoms with Crippen LogP contribution in [0.2, 0.25) is 0 Å². The first-order valence-electron chi connectivity index (χ1n) is 5.40. The number of thiophene rings is 1. The van der Waals surface area contributed by atoms with E-state index in [1.54, 1.807) is 11.3 Å². The number of benzene rings is 1. The van der Waals surface area contributed by atoms with Gasteiger partial charge in [0.1, 0.15) is 0 Å². The molecule has 2 N–H and O–H groups in total. The minimum Gasteiger partial charge on any atom is -0.392 e. The van der Waals surface area contributed by atoms with Crippen molar-refractivity contribution >= 4 is 27.3 Å². The maximum atomic E-state index is 8.94. The Hall–Kier alpha value is -0.680. The van der Waals surface area contributed by atoms with Crippen molar-refractivity contribution in [2.24, 2.45) is 0 Å². The zero-order valence-corrected chi connectivity index (χ0v) is 11.7. The van der Waals surface area contributed by atoms with Gasteiger partial charge in [-0.05, 0) is 33.1 Å². The molecular weight excluding hydrogens is 298 g/mol. The van der Waals surface area contributed by atoms with Crippen molar-refractivity contribution in [3.05, 3.63) is 56.2 Å². The third kappa shape index (κ3) is 3.92. The zero-order chi connectivity index (χ0) is 12.1. The van der Waals surface area contributed by atoms with E-state index in [4.69, 9.17) is 5.11 Å². The van der Waals surface area contributed by atoms with E-state index in [9.17, 15) is 0 Å². The molecule has 0 amide bonds. The number of nitrogens with one attached hydrogen (secondary N) is 1. The smallest absolute Gasteiger partial charge is 0.0681 e. The third-order valence-corrected chi connectivity index (χ3v) is 4.15. The van der Waals surface area contributed by atoms with Crippen molar-refractivity contribution in [2.75, 3.05) is 0 Å². The molecule has 0 aliphatic rings. The predicted octanol–water partition coefficient (Wildman–Crippen LogP) is 3.29. The average molecular weight is 312 g/mol. The topological polar surface area (TPSA) is 32.3 Å². The highest BCUT2D eigenvalue weighted by Crippen LogP contribution is 2.19. The second-order valence-electron chi connectivity index (χ2n) is 3.81. The van der Waals surface area contributed by atoms with Crippen molar-refractivity contribution in [1.82, 2.24) is 5.32 Å². The number of hydrogen-bond acceptors (Lipinski definition) is 3. The Balaban J connectivity index is 1.81. The molecule has 0 bridgehead atoms. The minimum atomic E-state index is 0.108. The Morgan fingerprint density at radius 2 is 1.82 bits per heavy atom. The number of aliphatic hydroxyl groups excluding tert-OH is 1. The van der Waals surface area contributed by atoms with Gasteiger partial charge in [-0.2, -0.15) is 0 Å². The number of rotatable bonds is 5. The lowest BCUT2D eigenvalue weighted by Gasteiger charge is -2.04. The van der Waals surface area contributed by atoms with Crippen LogP contribution in [-0.2, 0) is 19.7 Å². The number of hydrogen-bond donors (Lipinski definition) is 2.